The molecule has 8 atom stereocenters. The van der Waals surface area contributed by atoms with E-state index >= 15 is 0 Å². The summed E-state index contributed by atoms with van der Waals surface area (Å²) in [5.41, 5.74) is 1.06. The van der Waals surface area contributed by atoms with Crippen molar-refractivity contribution in [2.24, 2.45) is 11.8 Å². The lowest BCUT2D eigenvalue weighted by Crippen LogP contribution is -2.49. The fraction of sp³-hybridized carbons (Fsp3) is 0.818. The second-order valence-corrected chi connectivity index (χ2v) is 36.3. The zero-order valence-corrected chi connectivity index (χ0v) is 42.0. The molecule has 12 heteroatoms. The first-order valence-corrected chi connectivity index (χ1v) is 31.6. The number of methoxy groups -OCH3 is 1. The van der Waals surface area contributed by atoms with Crippen molar-refractivity contribution >= 4 is 34.8 Å². The quantitative estimate of drug-likeness (QED) is 0.0686. The third-order valence-corrected chi connectivity index (χ3v) is 29.6. The molecule has 0 amide bonds. The lowest BCUT2D eigenvalue weighted by Gasteiger charge is -2.42. The first kappa shape index (κ1) is 49.7. The summed E-state index contributed by atoms with van der Waals surface area (Å²) in [5.74, 6) is -0.217. The summed E-state index contributed by atoms with van der Waals surface area (Å²) in [6.07, 6.45) is 2.22. The Morgan fingerprint density at radius 1 is 0.875 bits per heavy atom. The van der Waals surface area contributed by atoms with Crippen LogP contribution in [0.5, 0.6) is 0 Å². The molecule has 2 saturated heterocycles. The smallest absolute Gasteiger partial charge is 0.192 e. The number of hydrogen-bond donors (Lipinski definition) is 0. The van der Waals surface area contributed by atoms with Crippen LogP contribution in [0.25, 0.3) is 0 Å². The van der Waals surface area contributed by atoms with Gasteiger partial charge in [0.25, 0.3) is 0 Å². The highest BCUT2D eigenvalue weighted by Gasteiger charge is 2.50. The summed E-state index contributed by atoms with van der Waals surface area (Å²) in [6, 6.07) is 12.2. The first-order valence-electron chi connectivity index (χ1n) is 21.6. The van der Waals surface area contributed by atoms with E-state index in [9.17, 15) is 8.42 Å². The molecular formula is C44H82O8SSi3. The third kappa shape index (κ3) is 12.9. The molecule has 0 bridgehead atoms. The number of rotatable bonds is 21. The number of ether oxygens (including phenoxy) is 3. The van der Waals surface area contributed by atoms with Gasteiger partial charge in [-0.3, -0.25) is 0 Å². The van der Waals surface area contributed by atoms with Crippen molar-refractivity contribution in [1.82, 2.24) is 0 Å². The normalized spacial score (nSPS) is 26.5. The van der Waals surface area contributed by atoms with Gasteiger partial charge in [-0.05, 0) is 97.3 Å². The summed E-state index contributed by atoms with van der Waals surface area (Å²) < 4.78 is 68.9. The van der Waals surface area contributed by atoms with Gasteiger partial charge in [0.1, 0.15) is 0 Å². The average molecular weight is 855 g/mol. The number of hydrogen-bond acceptors (Lipinski definition) is 8. The Kier molecular flexibility index (Phi) is 18.0. The Morgan fingerprint density at radius 3 is 2.00 bits per heavy atom. The Bertz CT molecular complexity index is 1460. The van der Waals surface area contributed by atoms with E-state index in [1.54, 1.807) is 31.4 Å². The van der Waals surface area contributed by atoms with E-state index in [0.717, 1.165) is 49.6 Å². The van der Waals surface area contributed by atoms with Crippen molar-refractivity contribution < 1.29 is 35.9 Å². The Labute approximate surface area is 346 Å². The van der Waals surface area contributed by atoms with Crippen LogP contribution in [0.15, 0.2) is 47.4 Å². The molecule has 324 valence electrons. The zero-order valence-electron chi connectivity index (χ0n) is 38.2. The molecule has 0 spiro atoms. The standard InChI is InChI=1S/C44H82O8SSi3/c1-17-56(18-2,19-3)48-27-23-24-35-28-33(4)34(5)39(50-35)30-40-38(32-53(45,46)37-25-21-20-22-26-37)42(47-12)41(51-40)29-36(52-55(15,16)44(9,10)11)31-49-54(13,14)43(6,7)8/h20-22,25-26,33,35-36,38-42H,5,17-19,23-24,27-32H2,1-4,6-16H3/t33-,35?,36?,38?,39?,40+,41-,42-/m1/s1. The highest BCUT2D eigenvalue weighted by atomic mass is 32.2. The SMILES string of the molecule is C=C1C(C[C@@H]2O[C@H](CC(CO[Si](C)(C)C(C)(C)C)O[Si](C)(C)C(C)(C)C)[C@H](OC)C2CS(=O)(=O)c2ccccc2)OC(CCCO[Si](CC)(CC)CC)C[C@H]1C. The van der Waals surface area contributed by atoms with Gasteiger partial charge in [-0.1, -0.05) is 94.0 Å². The maximum atomic E-state index is 14.1. The van der Waals surface area contributed by atoms with E-state index < -0.39 is 52.9 Å². The molecular weight excluding hydrogens is 773 g/mol. The van der Waals surface area contributed by atoms with Crippen LogP contribution in [0.3, 0.4) is 0 Å². The number of benzene rings is 1. The van der Waals surface area contributed by atoms with Gasteiger partial charge in [-0.25, -0.2) is 8.42 Å². The van der Waals surface area contributed by atoms with E-state index in [4.69, 9.17) is 27.5 Å². The van der Waals surface area contributed by atoms with E-state index in [2.05, 4.69) is 102 Å². The molecule has 56 heavy (non-hydrogen) atoms. The lowest BCUT2D eigenvalue weighted by molar-refractivity contribution is -0.0759. The van der Waals surface area contributed by atoms with E-state index in [1.165, 1.54) is 0 Å². The predicted molar refractivity (Wildman–Crippen MR) is 240 cm³/mol. The molecule has 0 N–H and O–H groups in total. The molecule has 2 fully saturated rings. The second kappa shape index (κ2) is 20.3. The molecule has 0 aromatic heterocycles. The largest absolute Gasteiger partial charge is 0.417 e. The fourth-order valence-corrected chi connectivity index (χ4v) is 14.6. The van der Waals surface area contributed by atoms with Crippen molar-refractivity contribution in [3.63, 3.8) is 0 Å². The summed E-state index contributed by atoms with van der Waals surface area (Å²) in [4.78, 5) is 0.314. The van der Waals surface area contributed by atoms with Crippen molar-refractivity contribution in [3.8, 4) is 0 Å². The van der Waals surface area contributed by atoms with Crippen LogP contribution in [0, 0.1) is 11.8 Å². The molecule has 4 unspecified atom stereocenters. The average Bonchev–Trinajstić information content (AvgIpc) is 3.42. The summed E-state index contributed by atoms with van der Waals surface area (Å²) in [6.45, 7) is 37.4. The van der Waals surface area contributed by atoms with Crippen LogP contribution in [0.4, 0.5) is 0 Å². The highest BCUT2D eigenvalue weighted by molar-refractivity contribution is 7.91. The Balaban J connectivity index is 1.92. The molecule has 2 aliphatic heterocycles. The minimum Gasteiger partial charge on any atom is -0.417 e. The van der Waals surface area contributed by atoms with E-state index in [0.29, 0.717) is 24.3 Å². The second-order valence-electron chi connectivity index (χ2n) is 19.9. The van der Waals surface area contributed by atoms with E-state index in [1.807, 2.05) is 6.07 Å². The third-order valence-electron chi connectivity index (χ3n) is 14.1. The molecule has 2 aliphatic rings. The Hall–Kier alpha value is -0.679. The van der Waals surface area contributed by atoms with Crippen LogP contribution in [0.1, 0.15) is 101 Å². The van der Waals surface area contributed by atoms with Gasteiger partial charge in [0, 0.05) is 32.5 Å². The van der Waals surface area contributed by atoms with Crippen molar-refractivity contribution in [2.45, 2.75) is 197 Å². The van der Waals surface area contributed by atoms with Gasteiger partial charge in [0.15, 0.2) is 34.8 Å². The van der Waals surface area contributed by atoms with Crippen molar-refractivity contribution in [1.29, 1.82) is 0 Å². The maximum Gasteiger partial charge on any atom is 0.192 e. The topological polar surface area (TPSA) is 89.5 Å². The minimum atomic E-state index is -3.65. The van der Waals surface area contributed by atoms with E-state index in [-0.39, 0.29) is 46.2 Å². The van der Waals surface area contributed by atoms with Crippen LogP contribution in [0.2, 0.25) is 54.4 Å². The molecule has 0 saturated carbocycles. The highest BCUT2D eigenvalue weighted by Crippen LogP contribution is 2.43. The fourth-order valence-electron chi connectivity index (χ4n) is 7.83. The first-order chi connectivity index (χ1) is 25.9. The molecule has 1 aromatic rings. The van der Waals surface area contributed by atoms with Gasteiger partial charge < -0.3 is 27.5 Å². The monoisotopic (exact) mass is 855 g/mol. The zero-order chi connectivity index (χ0) is 42.3. The van der Waals surface area contributed by atoms with Gasteiger partial charge in [0.2, 0.25) is 0 Å². The van der Waals surface area contributed by atoms with Gasteiger partial charge >= 0.3 is 0 Å². The van der Waals surface area contributed by atoms with Gasteiger partial charge in [-0.15, -0.1) is 0 Å². The summed E-state index contributed by atoms with van der Waals surface area (Å²) in [5, 5.41) is 0.0477. The molecule has 0 aliphatic carbocycles. The molecule has 3 rings (SSSR count). The molecule has 0 radical (unpaired) electrons. The summed E-state index contributed by atoms with van der Waals surface area (Å²) in [7, 11) is -7.92. The Morgan fingerprint density at radius 2 is 1.46 bits per heavy atom. The molecule has 8 nitrogen and oxygen atoms in total. The summed E-state index contributed by atoms with van der Waals surface area (Å²) >= 11 is 0. The van der Waals surface area contributed by atoms with Gasteiger partial charge in [0.05, 0.1) is 53.9 Å². The predicted octanol–water partition coefficient (Wildman–Crippen LogP) is 11.2. The van der Waals surface area contributed by atoms with Crippen molar-refractivity contribution in [3.05, 3.63) is 42.5 Å². The van der Waals surface area contributed by atoms with Crippen LogP contribution < -0.4 is 0 Å². The van der Waals surface area contributed by atoms with Crippen molar-refractivity contribution in [2.75, 3.05) is 26.1 Å². The van der Waals surface area contributed by atoms with Crippen LogP contribution >= 0.6 is 0 Å². The number of sulfone groups is 1. The molecule has 2 heterocycles. The van der Waals surface area contributed by atoms with Crippen LogP contribution in [-0.2, 0) is 37.3 Å². The van der Waals surface area contributed by atoms with Gasteiger partial charge in [-0.2, -0.15) is 0 Å². The minimum absolute atomic E-state index is 0.000640. The van der Waals surface area contributed by atoms with Crippen LogP contribution in [-0.4, -0.2) is 96.1 Å². The lowest BCUT2D eigenvalue weighted by atomic mass is 9.83. The maximum absolute atomic E-state index is 14.1. The molecule has 1 aromatic carbocycles.